The van der Waals surface area contributed by atoms with E-state index >= 15 is 0 Å². The van der Waals surface area contributed by atoms with Crippen LogP contribution in [0.25, 0.3) is 0 Å². The number of nitriles is 1. The van der Waals surface area contributed by atoms with Crippen molar-refractivity contribution in [3.05, 3.63) is 63.9 Å². The average molecular weight is 499 g/mol. The average Bonchev–Trinajstić information content (AvgIpc) is 3.24. The SMILES string of the molecule is CC1C(c2ccc(F)c3c2CCC3(F)F)C(C(=O)Nc2cc[n+]([O-])c(C#N)c2)OC1(C)C(F)(F)F. The van der Waals surface area contributed by atoms with Gasteiger partial charge in [0, 0.05) is 30.4 Å². The number of hydrogen-bond acceptors (Lipinski definition) is 4. The number of benzene rings is 1. The van der Waals surface area contributed by atoms with Crippen LogP contribution in [0.3, 0.4) is 0 Å². The summed E-state index contributed by atoms with van der Waals surface area (Å²) < 4.78 is 90.7. The normalized spacial score (nSPS) is 27.3. The Morgan fingerprint density at radius 2 is 2.00 bits per heavy atom. The van der Waals surface area contributed by atoms with Gasteiger partial charge in [-0.1, -0.05) is 13.0 Å². The van der Waals surface area contributed by atoms with Crippen LogP contribution in [0.4, 0.5) is 32.0 Å². The quantitative estimate of drug-likeness (QED) is 0.384. The van der Waals surface area contributed by atoms with E-state index in [-0.39, 0.29) is 33.7 Å². The predicted molar refractivity (Wildman–Crippen MR) is 109 cm³/mol. The van der Waals surface area contributed by atoms with Crippen LogP contribution in [-0.2, 0) is 21.9 Å². The monoisotopic (exact) mass is 499 g/mol. The van der Waals surface area contributed by atoms with Crippen molar-refractivity contribution in [2.75, 3.05) is 5.32 Å². The fourth-order valence-electron chi connectivity index (χ4n) is 4.90. The molecule has 1 aliphatic heterocycles. The summed E-state index contributed by atoms with van der Waals surface area (Å²) in [5.41, 5.74) is -4.25. The Bertz CT molecular complexity index is 1240. The number of nitrogens with one attached hydrogen (secondary N) is 1. The van der Waals surface area contributed by atoms with Crippen molar-refractivity contribution in [1.82, 2.24) is 0 Å². The van der Waals surface area contributed by atoms with E-state index in [4.69, 9.17) is 10.00 Å². The first-order valence-electron chi connectivity index (χ1n) is 10.6. The van der Waals surface area contributed by atoms with E-state index in [1.807, 2.05) is 0 Å². The smallest absolute Gasteiger partial charge is 0.417 e. The molecular formula is C23H19F6N3O3. The van der Waals surface area contributed by atoms with Gasteiger partial charge in [-0.3, -0.25) is 4.79 Å². The fraction of sp³-hybridized carbons (Fsp3) is 0.435. The van der Waals surface area contributed by atoms with E-state index in [0.29, 0.717) is 0 Å². The van der Waals surface area contributed by atoms with E-state index in [0.717, 1.165) is 37.4 Å². The number of aromatic nitrogens is 1. The third kappa shape index (κ3) is 3.87. The molecule has 0 saturated carbocycles. The Kier molecular flexibility index (Phi) is 5.75. The highest BCUT2D eigenvalue weighted by molar-refractivity contribution is 5.95. The number of amides is 1. The highest BCUT2D eigenvalue weighted by Crippen LogP contribution is 2.55. The first-order chi connectivity index (χ1) is 16.2. The van der Waals surface area contributed by atoms with Gasteiger partial charge in [0.2, 0.25) is 0 Å². The molecule has 186 valence electrons. The number of carbonyl (C=O) groups excluding carboxylic acids is 1. The molecule has 2 aliphatic rings. The van der Waals surface area contributed by atoms with Gasteiger partial charge in [-0.2, -0.15) is 23.2 Å². The largest absolute Gasteiger partial charge is 0.618 e. The number of fused-ring (bicyclic) bond motifs is 1. The Morgan fingerprint density at radius 1 is 1.31 bits per heavy atom. The summed E-state index contributed by atoms with van der Waals surface area (Å²) in [6, 6.07) is 5.66. The minimum atomic E-state index is -4.92. The molecule has 2 aromatic rings. The van der Waals surface area contributed by atoms with E-state index in [2.05, 4.69) is 5.32 Å². The summed E-state index contributed by atoms with van der Waals surface area (Å²) in [7, 11) is 0. The topological polar surface area (TPSA) is 89.1 Å². The number of ether oxygens (including phenoxy) is 1. The molecule has 1 saturated heterocycles. The number of rotatable bonds is 3. The van der Waals surface area contributed by atoms with E-state index in [1.165, 1.54) is 6.92 Å². The molecule has 4 rings (SSSR count). The van der Waals surface area contributed by atoms with Crippen LogP contribution in [0.15, 0.2) is 30.5 Å². The second-order valence-electron chi connectivity index (χ2n) is 8.88. The van der Waals surface area contributed by atoms with Crippen molar-refractivity contribution in [1.29, 1.82) is 5.26 Å². The van der Waals surface area contributed by atoms with Gasteiger partial charge in [-0.15, -0.1) is 0 Å². The lowest BCUT2D eigenvalue weighted by Crippen LogP contribution is -2.47. The molecule has 1 aliphatic carbocycles. The molecule has 4 unspecified atom stereocenters. The summed E-state index contributed by atoms with van der Waals surface area (Å²) in [5, 5.41) is 22.9. The number of alkyl halides is 5. The lowest BCUT2D eigenvalue weighted by Gasteiger charge is -2.32. The first kappa shape index (κ1) is 24.8. The van der Waals surface area contributed by atoms with Crippen molar-refractivity contribution in [2.24, 2.45) is 5.92 Å². The molecule has 1 aromatic carbocycles. The number of carbonyl (C=O) groups is 1. The van der Waals surface area contributed by atoms with Crippen molar-refractivity contribution < 1.29 is 40.6 Å². The molecule has 6 nitrogen and oxygen atoms in total. The zero-order valence-electron chi connectivity index (χ0n) is 18.4. The second-order valence-corrected chi connectivity index (χ2v) is 8.88. The molecular weight excluding hydrogens is 480 g/mol. The number of halogens is 6. The minimum Gasteiger partial charge on any atom is -0.618 e. The zero-order valence-corrected chi connectivity index (χ0v) is 18.4. The maximum absolute atomic E-state index is 14.4. The molecule has 4 atom stereocenters. The highest BCUT2D eigenvalue weighted by atomic mass is 19.4. The van der Waals surface area contributed by atoms with Gasteiger partial charge in [-0.05, 0) is 30.5 Å². The number of nitrogens with zero attached hydrogens (tertiary/aromatic N) is 2. The third-order valence-electron chi connectivity index (χ3n) is 6.94. The van der Waals surface area contributed by atoms with E-state index in [9.17, 15) is 36.3 Å². The van der Waals surface area contributed by atoms with Crippen LogP contribution >= 0.6 is 0 Å². The summed E-state index contributed by atoms with van der Waals surface area (Å²) >= 11 is 0. The second kappa shape index (κ2) is 8.12. The van der Waals surface area contributed by atoms with Crippen molar-refractivity contribution in [2.45, 2.75) is 56.4 Å². The zero-order chi connectivity index (χ0) is 25.9. The van der Waals surface area contributed by atoms with Crippen LogP contribution in [0.5, 0.6) is 0 Å². The molecule has 1 N–H and O–H groups in total. The predicted octanol–water partition coefficient (Wildman–Crippen LogP) is 4.45. The van der Waals surface area contributed by atoms with Gasteiger partial charge < -0.3 is 15.3 Å². The highest BCUT2D eigenvalue weighted by Gasteiger charge is 2.66. The van der Waals surface area contributed by atoms with Gasteiger partial charge in [-0.25, -0.2) is 13.2 Å². The summed E-state index contributed by atoms with van der Waals surface area (Å²) in [6.07, 6.45) is -6.75. The fourth-order valence-corrected chi connectivity index (χ4v) is 4.90. The molecule has 0 spiro atoms. The first-order valence-corrected chi connectivity index (χ1v) is 10.6. The van der Waals surface area contributed by atoms with Crippen molar-refractivity contribution in [3.63, 3.8) is 0 Å². The molecule has 1 fully saturated rings. The number of anilines is 1. The summed E-state index contributed by atoms with van der Waals surface area (Å²) in [5.74, 6) is -8.44. The summed E-state index contributed by atoms with van der Waals surface area (Å²) in [6.45, 7) is 1.97. The third-order valence-corrected chi connectivity index (χ3v) is 6.94. The van der Waals surface area contributed by atoms with Crippen molar-refractivity contribution >= 4 is 11.6 Å². The lowest BCUT2D eigenvalue weighted by atomic mass is 9.75. The Morgan fingerprint density at radius 3 is 2.63 bits per heavy atom. The number of pyridine rings is 1. The maximum Gasteiger partial charge on any atom is 0.417 e. The Balaban J connectivity index is 1.80. The Labute approximate surface area is 195 Å². The van der Waals surface area contributed by atoms with Crippen molar-refractivity contribution in [3.8, 4) is 6.07 Å². The van der Waals surface area contributed by atoms with Crippen LogP contribution in [0, 0.1) is 28.3 Å². The van der Waals surface area contributed by atoms with Gasteiger partial charge in [0.25, 0.3) is 17.5 Å². The molecule has 35 heavy (non-hydrogen) atoms. The summed E-state index contributed by atoms with van der Waals surface area (Å²) in [4.78, 5) is 13.1. The molecule has 1 amide bonds. The lowest BCUT2D eigenvalue weighted by molar-refractivity contribution is -0.608. The van der Waals surface area contributed by atoms with Gasteiger partial charge in [0.1, 0.15) is 11.9 Å². The molecule has 0 bridgehead atoms. The Hall–Kier alpha value is -3.33. The van der Waals surface area contributed by atoms with Crippen LogP contribution in [0.1, 0.15) is 48.6 Å². The molecule has 1 aromatic heterocycles. The van der Waals surface area contributed by atoms with Gasteiger partial charge in [0.05, 0.1) is 11.3 Å². The van der Waals surface area contributed by atoms with Crippen LogP contribution < -0.4 is 10.0 Å². The minimum absolute atomic E-state index is 0.0117. The maximum atomic E-state index is 14.4. The van der Waals surface area contributed by atoms with Gasteiger partial charge in [0.15, 0.2) is 17.9 Å². The number of hydrogen-bond donors (Lipinski definition) is 1. The van der Waals surface area contributed by atoms with E-state index in [1.54, 1.807) is 6.07 Å². The molecule has 12 heteroatoms. The van der Waals surface area contributed by atoms with Crippen LogP contribution in [-0.4, -0.2) is 23.8 Å². The van der Waals surface area contributed by atoms with Crippen LogP contribution in [0.2, 0.25) is 0 Å². The molecule has 2 heterocycles. The van der Waals surface area contributed by atoms with E-state index < -0.39 is 59.3 Å². The van der Waals surface area contributed by atoms with Gasteiger partial charge >= 0.3 is 6.18 Å². The standard InChI is InChI=1S/C23H19F6N3O3/c1-11-17(14-3-4-16(24)18-15(14)5-7-22(18,25)26)19(35-21(11,2)23(27,28)29)20(33)31-12-6-8-32(34)13(9-12)10-30/h3-4,6,8-9,11,17,19H,5,7H2,1-2H3,(H,31,33). The molecule has 0 radical (unpaired) electrons.